The molecule has 1 aliphatic heterocycles. The molecule has 0 N–H and O–H groups in total. The maximum atomic E-state index is 12.3. The lowest BCUT2D eigenvalue weighted by Gasteiger charge is -2.05. The molecule has 2 aromatic carbocycles. The summed E-state index contributed by atoms with van der Waals surface area (Å²) in [6.45, 7) is 1.97. The Morgan fingerprint density at radius 3 is 2.17 bits per heavy atom. The molecule has 0 aliphatic carbocycles. The Morgan fingerprint density at radius 1 is 1.00 bits per heavy atom. The summed E-state index contributed by atoms with van der Waals surface area (Å²) in [4.78, 5) is 12.3. The first kappa shape index (κ1) is 11.2. The molecule has 0 aromatic heterocycles. The van der Waals surface area contributed by atoms with Gasteiger partial charge in [-0.2, -0.15) is 0 Å². The Balaban J connectivity index is 1.84. The Morgan fingerprint density at radius 2 is 1.56 bits per heavy atom. The molecule has 2 atom stereocenters. The first-order valence-electron chi connectivity index (χ1n) is 6.04. The summed E-state index contributed by atoms with van der Waals surface area (Å²) in [5.74, 6) is 0.0574. The molecule has 1 fully saturated rings. The monoisotopic (exact) mass is 238 g/mol. The number of hydrogen-bond acceptors (Lipinski definition) is 2. The van der Waals surface area contributed by atoms with Crippen molar-refractivity contribution < 1.29 is 9.53 Å². The average molecular weight is 238 g/mol. The molecule has 0 amide bonds. The van der Waals surface area contributed by atoms with Gasteiger partial charge in [-0.25, -0.2) is 0 Å². The lowest BCUT2D eigenvalue weighted by Crippen LogP contribution is -2.16. The molecule has 3 rings (SSSR count). The number of hydrogen-bond donors (Lipinski definition) is 0. The van der Waals surface area contributed by atoms with Crippen LogP contribution in [0.3, 0.4) is 0 Å². The van der Waals surface area contributed by atoms with E-state index in [1.807, 2.05) is 67.6 Å². The van der Waals surface area contributed by atoms with Crippen molar-refractivity contribution in [1.29, 1.82) is 0 Å². The van der Waals surface area contributed by atoms with E-state index in [0.29, 0.717) is 5.56 Å². The van der Waals surface area contributed by atoms with Gasteiger partial charge in [-0.1, -0.05) is 60.7 Å². The zero-order valence-corrected chi connectivity index (χ0v) is 10.2. The van der Waals surface area contributed by atoms with Gasteiger partial charge in [0.1, 0.15) is 5.60 Å². The van der Waals surface area contributed by atoms with Crippen molar-refractivity contribution in [2.45, 2.75) is 18.6 Å². The predicted molar refractivity (Wildman–Crippen MR) is 69.4 cm³/mol. The van der Waals surface area contributed by atoms with E-state index >= 15 is 0 Å². The minimum absolute atomic E-state index is 0.0574. The van der Waals surface area contributed by atoms with E-state index in [2.05, 4.69) is 0 Å². The van der Waals surface area contributed by atoms with Crippen LogP contribution in [-0.2, 0) is 10.3 Å². The Labute approximate surface area is 106 Å². The maximum Gasteiger partial charge on any atom is 0.194 e. The van der Waals surface area contributed by atoms with Crippen molar-refractivity contribution >= 4 is 5.78 Å². The molecule has 18 heavy (non-hydrogen) atoms. The minimum Gasteiger partial charge on any atom is -0.353 e. The maximum absolute atomic E-state index is 12.3. The van der Waals surface area contributed by atoms with E-state index in [-0.39, 0.29) is 11.9 Å². The number of ketones is 1. The fourth-order valence-corrected chi connectivity index (χ4v) is 2.26. The van der Waals surface area contributed by atoms with Crippen LogP contribution < -0.4 is 0 Å². The smallest absolute Gasteiger partial charge is 0.194 e. The second-order valence-electron chi connectivity index (χ2n) is 4.70. The first-order valence-corrected chi connectivity index (χ1v) is 6.04. The van der Waals surface area contributed by atoms with E-state index in [1.54, 1.807) is 0 Å². The predicted octanol–water partition coefficient (Wildman–Crippen LogP) is 3.18. The van der Waals surface area contributed by atoms with Gasteiger partial charge in [-0.15, -0.1) is 0 Å². The summed E-state index contributed by atoms with van der Waals surface area (Å²) >= 11 is 0. The Kier molecular flexibility index (Phi) is 2.53. The molecular weight excluding hydrogens is 224 g/mol. The van der Waals surface area contributed by atoms with Crippen molar-refractivity contribution in [3.05, 3.63) is 71.8 Å². The normalized spacial score (nSPS) is 25.7. The second-order valence-corrected chi connectivity index (χ2v) is 4.70. The highest BCUT2D eigenvalue weighted by molar-refractivity contribution is 6.02. The quantitative estimate of drug-likeness (QED) is 0.607. The van der Waals surface area contributed by atoms with Crippen molar-refractivity contribution in [2.75, 3.05) is 0 Å². The standard InChI is InChI=1S/C16H14O2/c1-16(13-10-6-3-7-11-13)15(18-16)14(17)12-8-4-2-5-9-12/h2-11,15H,1H3/t15-,16+/m0/s1. The van der Waals surface area contributed by atoms with Crippen LogP contribution >= 0.6 is 0 Å². The Bertz CT molecular complexity index is 562. The number of epoxide rings is 1. The molecule has 1 saturated heterocycles. The number of rotatable bonds is 3. The third-order valence-electron chi connectivity index (χ3n) is 3.45. The SMILES string of the molecule is C[C@]1(c2ccccc2)O[C@H]1C(=O)c1ccccc1. The molecule has 2 aromatic rings. The van der Waals surface area contributed by atoms with Crippen LogP contribution in [0.2, 0.25) is 0 Å². The largest absolute Gasteiger partial charge is 0.353 e. The molecule has 0 saturated carbocycles. The highest BCUT2D eigenvalue weighted by atomic mass is 16.6. The van der Waals surface area contributed by atoms with E-state index in [0.717, 1.165) is 5.56 Å². The zero-order valence-electron chi connectivity index (χ0n) is 10.2. The van der Waals surface area contributed by atoms with Gasteiger partial charge < -0.3 is 4.74 Å². The number of Topliss-reactive ketones (excluding diaryl/α,β-unsaturated/α-hetero) is 1. The zero-order chi connectivity index (χ0) is 12.6. The van der Waals surface area contributed by atoms with E-state index < -0.39 is 5.60 Å². The molecule has 1 aliphatic rings. The second kappa shape index (κ2) is 4.07. The summed E-state index contributed by atoms with van der Waals surface area (Å²) < 4.78 is 5.66. The summed E-state index contributed by atoms with van der Waals surface area (Å²) in [5, 5.41) is 0. The number of benzene rings is 2. The number of carbonyl (C=O) groups is 1. The van der Waals surface area contributed by atoms with Crippen molar-refractivity contribution in [1.82, 2.24) is 0 Å². The van der Waals surface area contributed by atoms with Crippen molar-refractivity contribution in [3.8, 4) is 0 Å². The van der Waals surface area contributed by atoms with Crippen LogP contribution in [-0.4, -0.2) is 11.9 Å². The van der Waals surface area contributed by atoms with E-state index in [1.165, 1.54) is 0 Å². The lowest BCUT2D eigenvalue weighted by atomic mass is 9.93. The number of carbonyl (C=O) groups excluding carboxylic acids is 1. The third-order valence-corrected chi connectivity index (χ3v) is 3.45. The molecule has 2 nitrogen and oxygen atoms in total. The van der Waals surface area contributed by atoms with Gasteiger partial charge in [0.15, 0.2) is 11.9 Å². The summed E-state index contributed by atoms with van der Waals surface area (Å²) in [5.41, 5.74) is 1.30. The molecule has 0 spiro atoms. The highest BCUT2D eigenvalue weighted by Gasteiger charge is 2.57. The van der Waals surface area contributed by atoms with Gasteiger partial charge >= 0.3 is 0 Å². The summed E-state index contributed by atoms with van der Waals surface area (Å²) in [7, 11) is 0. The van der Waals surface area contributed by atoms with E-state index in [4.69, 9.17) is 4.74 Å². The van der Waals surface area contributed by atoms with Crippen LogP contribution in [0.5, 0.6) is 0 Å². The van der Waals surface area contributed by atoms with Gasteiger partial charge in [-0.3, -0.25) is 4.79 Å². The molecule has 90 valence electrons. The van der Waals surface area contributed by atoms with Crippen LogP contribution in [0.15, 0.2) is 60.7 Å². The fraction of sp³-hybridized carbons (Fsp3) is 0.188. The van der Waals surface area contributed by atoms with Crippen LogP contribution in [0.1, 0.15) is 22.8 Å². The lowest BCUT2D eigenvalue weighted by molar-refractivity contribution is 0.0953. The number of ether oxygens (including phenoxy) is 1. The highest BCUT2D eigenvalue weighted by Crippen LogP contribution is 2.47. The molecule has 0 radical (unpaired) electrons. The van der Waals surface area contributed by atoms with Gasteiger partial charge in [0, 0.05) is 5.56 Å². The summed E-state index contributed by atoms with van der Waals surface area (Å²) in [6, 6.07) is 19.2. The minimum atomic E-state index is -0.464. The molecular formula is C16H14O2. The first-order chi connectivity index (χ1) is 8.72. The molecule has 0 bridgehead atoms. The average Bonchev–Trinajstić information content (AvgIpc) is 3.14. The fourth-order valence-electron chi connectivity index (χ4n) is 2.26. The van der Waals surface area contributed by atoms with Crippen LogP contribution in [0, 0.1) is 0 Å². The van der Waals surface area contributed by atoms with Gasteiger partial charge in [0.2, 0.25) is 0 Å². The third kappa shape index (κ3) is 1.75. The van der Waals surface area contributed by atoms with Gasteiger partial charge in [0.05, 0.1) is 0 Å². The van der Waals surface area contributed by atoms with Crippen LogP contribution in [0.25, 0.3) is 0 Å². The molecule has 2 heteroatoms. The van der Waals surface area contributed by atoms with Crippen molar-refractivity contribution in [2.24, 2.45) is 0 Å². The molecule has 0 unspecified atom stereocenters. The molecule has 1 heterocycles. The van der Waals surface area contributed by atoms with E-state index in [9.17, 15) is 4.79 Å². The van der Waals surface area contributed by atoms with Crippen LogP contribution in [0.4, 0.5) is 0 Å². The topological polar surface area (TPSA) is 29.6 Å². The van der Waals surface area contributed by atoms with Gasteiger partial charge in [-0.05, 0) is 12.5 Å². The van der Waals surface area contributed by atoms with Gasteiger partial charge in [0.25, 0.3) is 0 Å². The summed E-state index contributed by atoms with van der Waals surface area (Å²) in [6.07, 6.45) is -0.359. The Hall–Kier alpha value is -1.93. The van der Waals surface area contributed by atoms with Crippen molar-refractivity contribution in [3.63, 3.8) is 0 Å².